The minimum atomic E-state index is -0.417. The van der Waals surface area contributed by atoms with Crippen LogP contribution in [0, 0.1) is 6.92 Å². The van der Waals surface area contributed by atoms with Crippen LogP contribution >= 0.6 is 11.8 Å². The number of carbonyl (C=O) groups excluding carboxylic acids is 1. The van der Waals surface area contributed by atoms with Crippen molar-refractivity contribution in [2.24, 2.45) is 0 Å². The molecule has 0 aliphatic heterocycles. The molecule has 7 nitrogen and oxygen atoms in total. The molecule has 1 aromatic carbocycles. The van der Waals surface area contributed by atoms with E-state index in [1.807, 2.05) is 6.92 Å². The molecule has 0 atom stereocenters. The molecule has 118 valence electrons. The molecule has 23 heavy (non-hydrogen) atoms. The highest BCUT2D eigenvalue weighted by molar-refractivity contribution is 7.99. The van der Waals surface area contributed by atoms with E-state index in [1.54, 1.807) is 24.3 Å². The fourth-order valence-corrected chi connectivity index (χ4v) is 2.69. The molecule has 0 fully saturated rings. The monoisotopic (exact) mass is 330 g/mol. The van der Waals surface area contributed by atoms with E-state index in [2.05, 4.69) is 20.5 Å². The zero-order valence-corrected chi connectivity index (χ0v) is 13.1. The van der Waals surface area contributed by atoms with E-state index in [-0.39, 0.29) is 11.2 Å². The Labute approximate surface area is 135 Å². The Morgan fingerprint density at radius 3 is 3.00 bits per heavy atom. The molecule has 2 aromatic heterocycles. The van der Waals surface area contributed by atoms with Crippen molar-refractivity contribution in [2.75, 3.05) is 12.3 Å². The van der Waals surface area contributed by atoms with Crippen molar-refractivity contribution in [3.63, 3.8) is 0 Å². The number of aryl methyl sites for hydroxylation is 1. The first-order chi connectivity index (χ1) is 11.1. The second-order valence-electron chi connectivity index (χ2n) is 4.78. The van der Waals surface area contributed by atoms with Gasteiger partial charge in [-0.05, 0) is 19.1 Å². The summed E-state index contributed by atoms with van der Waals surface area (Å²) in [5.74, 6) is 0.947. The number of hydrogen-bond acceptors (Lipinski definition) is 6. The predicted molar refractivity (Wildman–Crippen MR) is 86.7 cm³/mol. The summed E-state index contributed by atoms with van der Waals surface area (Å²) in [6.45, 7) is 2.23. The highest BCUT2D eigenvalue weighted by Crippen LogP contribution is 2.12. The molecule has 2 heterocycles. The summed E-state index contributed by atoms with van der Waals surface area (Å²) < 4.78 is 5.47. The molecular formula is C15H14N4O3S. The Morgan fingerprint density at radius 2 is 2.22 bits per heavy atom. The molecule has 3 aromatic rings. The van der Waals surface area contributed by atoms with Gasteiger partial charge in [0.25, 0.3) is 5.91 Å². The van der Waals surface area contributed by atoms with Crippen molar-refractivity contribution in [1.82, 2.24) is 20.5 Å². The second-order valence-corrected chi connectivity index (χ2v) is 5.84. The van der Waals surface area contributed by atoms with Crippen LogP contribution in [0.1, 0.15) is 16.4 Å². The summed E-state index contributed by atoms with van der Waals surface area (Å²) in [6, 6.07) is 8.04. The third-order valence-corrected chi connectivity index (χ3v) is 3.90. The number of nitrogens with zero attached hydrogens (tertiary/aromatic N) is 2. The van der Waals surface area contributed by atoms with Crippen LogP contribution in [0.15, 0.2) is 44.7 Å². The lowest BCUT2D eigenvalue weighted by molar-refractivity contribution is 0.0929. The second kappa shape index (κ2) is 6.66. The number of benzene rings is 1. The maximum absolute atomic E-state index is 12.1. The Morgan fingerprint density at radius 1 is 1.39 bits per heavy atom. The number of aromatic nitrogens is 3. The van der Waals surface area contributed by atoms with Gasteiger partial charge in [0.05, 0.1) is 5.39 Å². The number of para-hydroxylation sites is 1. The minimum absolute atomic E-state index is 0.00689. The molecule has 2 N–H and O–H groups in total. The van der Waals surface area contributed by atoms with Crippen molar-refractivity contribution in [3.8, 4) is 0 Å². The zero-order chi connectivity index (χ0) is 16.2. The van der Waals surface area contributed by atoms with Crippen molar-refractivity contribution in [3.05, 3.63) is 52.1 Å². The summed E-state index contributed by atoms with van der Waals surface area (Å²) in [7, 11) is 0. The fraction of sp³-hybridized carbons (Fsp3) is 0.200. The number of H-pyrrole nitrogens is 1. The molecule has 0 radical (unpaired) electrons. The van der Waals surface area contributed by atoms with Crippen LogP contribution in [0.2, 0.25) is 0 Å². The van der Waals surface area contributed by atoms with Gasteiger partial charge in [0.1, 0.15) is 11.4 Å². The summed E-state index contributed by atoms with van der Waals surface area (Å²) in [5, 5.41) is 10.5. The number of fused-ring (bicyclic) bond motifs is 1. The predicted octanol–water partition coefficient (Wildman–Crippen LogP) is 1.74. The van der Waals surface area contributed by atoms with Gasteiger partial charge in [0.2, 0.25) is 5.16 Å². The lowest BCUT2D eigenvalue weighted by Crippen LogP contribution is -2.26. The molecule has 0 aliphatic rings. The maximum atomic E-state index is 12.1. The van der Waals surface area contributed by atoms with E-state index in [9.17, 15) is 9.59 Å². The SMILES string of the molecule is Cc1nc(SCCNC(=O)c2cc(=O)c3ccccc3o2)n[nH]1. The number of aromatic amines is 1. The van der Waals surface area contributed by atoms with E-state index in [4.69, 9.17) is 4.42 Å². The Bertz CT molecular complexity index is 903. The van der Waals surface area contributed by atoms with Crippen LogP contribution in [0.5, 0.6) is 0 Å². The highest BCUT2D eigenvalue weighted by Gasteiger charge is 2.11. The summed E-state index contributed by atoms with van der Waals surface area (Å²) in [5.41, 5.74) is 0.165. The molecule has 8 heteroatoms. The summed E-state index contributed by atoms with van der Waals surface area (Å²) in [4.78, 5) is 28.2. The van der Waals surface area contributed by atoms with Crippen LogP contribution in [-0.2, 0) is 0 Å². The van der Waals surface area contributed by atoms with Gasteiger partial charge in [0.15, 0.2) is 11.2 Å². The van der Waals surface area contributed by atoms with Crippen molar-refractivity contribution in [2.45, 2.75) is 12.1 Å². The van der Waals surface area contributed by atoms with E-state index < -0.39 is 5.91 Å². The van der Waals surface area contributed by atoms with Gasteiger partial charge in [-0.1, -0.05) is 23.9 Å². The largest absolute Gasteiger partial charge is 0.451 e. The average molecular weight is 330 g/mol. The number of nitrogens with one attached hydrogen (secondary N) is 2. The molecule has 0 saturated carbocycles. The van der Waals surface area contributed by atoms with Crippen molar-refractivity contribution < 1.29 is 9.21 Å². The Balaban J connectivity index is 1.61. The standard InChI is InChI=1S/C15H14N4O3S/c1-9-17-15(19-18-9)23-7-6-16-14(21)13-8-11(20)10-4-2-3-5-12(10)22-13/h2-5,8H,6-7H2,1H3,(H,16,21)(H,17,18,19). The molecule has 1 amide bonds. The summed E-state index contributed by atoms with van der Waals surface area (Å²) >= 11 is 1.42. The minimum Gasteiger partial charge on any atom is -0.451 e. The first-order valence-corrected chi connectivity index (χ1v) is 7.95. The highest BCUT2D eigenvalue weighted by atomic mass is 32.2. The smallest absolute Gasteiger partial charge is 0.287 e. The lowest BCUT2D eigenvalue weighted by Gasteiger charge is -2.04. The van der Waals surface area contributed by atoms with Gasteiger partial charge in [-0.2, -0.15) is 0 Å². The number of hydrogen-bond donors (Lipinski definition) is 2. The lowest BCUT2D eigenvalue weighted by atomic mass is 10.2. The van der Waals surface area contributed by atoms with Gasteiger partial charge in [-0.15, -0.1) is 5.10 Å². The van der Waals surface area contributed by atoms with Crippen molar-refractivity contribution >= 4 is 28.6 Å². The van der Waals surface area contributed by atoms with Crippen LogP contribution in [-0.4, -0.2) is 33.4 Å². The number of thioether (sulfide) groups is 1. The van der Waals surface area contributed by atoms with Gasteiger partial charge in [-0.3, -0.25) is 14.7 Å². The van der Waals surface area contributed by atoms with Gasteiger partial charge in [0, 0.05) is 18.4 Å². The molecule has 0 saturated heterocycles. The van der Waals surface area contributed by atoms with E-state index in [1.165, 1.54) is 17.8 Å². The molecule has 3 rings (SSSR count). The van der Waals surface area contributed by atoms with Crippen LogP contribution < -0.4 is 10.7 Å². The molecule has 0 spiro atoms. The molecular weight excluding hydrogens is 316 g/mol. The fourth-order valence-electron chi connectivity index (χ4n) is 2.00. The summed E-state index contributed by atoms with van der Waals surface area (Å²) in [6.07, 6.45) is 0. The average Bonchev–Trinajstić information content (AvgIpc) is 2.97. The molecule has 0 unspecified atom stereocenters. The van der Waals surface area contributed by atoms with Crippen molar-refractivity contribution in [1.29, 1.82) is 0 Å². The van der Waals surface area contributed by atoms with E-state index >= 15 is 0 Å². The number of rotatable bonds is 5. The van der Waals surface area contributed by atoms with Crippen LogP contribution in [0.4, 0.5) is 0 Å². The van der Waals surface area contributed by atoms with Gasteiger partial charge >= 0.3 is 0 Å². The van der Waals surface area contributed by atoms with E-state index in [0.717, 1.165) is 5.82 Å². The van der Waals surface area contributed by atoms with E-state index in [0.29, 0.717) is 28.4 Å². The van der Waals surface area contributed by atoms with Gasteiger partial charge in [-0.25, -0.2) is 4.98 Å². The topological polar surface area (TPSA) is 101 Å². The zero-order valence-electron chi connectivity index (χ0n) is 12.3. The third kappa shape index (κ3) is 3.59. The number of carbonyl (C=O) groups is 1. The molecule has 0 bridgehead atoms. The van der Waals surface area contributed by atoms with Gasteiger partial charge < -0.3 is 9.73 Å². The Hall–Kier alpha value is -2.61. The maximum Gasteiger partial charge on any atom is 0.287 e. The Kier molecular flexibility index (Phi) is 4.42. The first-order valence-electron chi connectivity index (χ1n) is 6.96. The van der Waals surface area contributed by atoms with Crippen LogP contribution in [0.3, 0.4) is 0 Å². The van der Waals surface area contributed by atoms with Crippen LogP contribution in [0.25, 0.3) is 11.0 Å². The first kappa shape index (κ1) is 15.3. The molecule has 0 aliphatic carbocycles. The normalized spacial score (nSPS) is 10.8. The number of amides is 1. The third-order valence-electron chi connectivity index (χ3n) is 3.05. The quantitative estimate of drug-likeness (QED) is 0.546.